The average molecular weight is 247 g/mol. The van der Waals surface area contributed by atoms with Crippen LogP contribution in [0, 0.1) is 0 Å². The summed E-state index contributed by atoms with van der Waals surface area (Å²) in [5, 5.41) is 3.89. The quantitative estimate of drug-likeness (QED) is 0.790. The predicted molar refractivity (Wildman–Crippen MR) is 72.0 cm³/mol. The lowest BCUT2D eigenvalue weighted by atomic mass is 10.0. The van der Waals surface area contributed by atoms with E-state index in [2.05, 4.69) is 43.3 Å². The fourth-order valence-electron chi connectivity index (χ4n) is 1.58. The van der Waals surface area contributed by atoms with Gasteiger partial charge < -0.3 is 4.52 Å². The summed E-state index contributed by atoms with van der Waals surface area (Å²) in [6.07, 6.45) is 1.62. The van der Waals surface area contributed by atoms with E-state index >= 15 is 0 Å². The van der Waals surface area contributed by atoms with Crippen LogP contribution in [0.15, 0.2) is 41.1 Å². The number of nitrogens with zero attached hydrogens (tertiary/aromatic N) is 1. The first-order valence-corrected chi connectivity index (χ1v) is 6.97. The van der Waals surface area contributed by atoms with Crippen molar-refractivity contribution in [1.29, 1.82) is 0 Å². The van der Waals surface area contributed by atoms with Crippen LogP contribution in [0.25, 0.3) is 0 Å². The van der Waals surface area contributed by atoms with Gasteiger partial charge in [-0.1, -0.05) is 43.3 Å². The molecule has 0 saturated heterocycles. The largest absolute Gasteiger partial charge is 0.364 e. The van der Waals surface area contributed by atoms with E-state index in [4.69, 9.17) is 4.52 Å². The van der Waals surface area contributed by atoms with Crippen LogP contribution in [0.5, 0.6) is 0 Å². The lowest BCUT2D eigenvalue weighted by molar-refractivity contribution is 0.414. The molecule has 0 atom stereocenters. The van der Waals surface area contributed by atoms with Crippen LogP contribution in [-0.4, -0.2) is 5.16 Å². The molecular weight excluding hydrogens is 230 g/mol. The van der Waals surface area contributed by atoms with E-state index < -0.39 is 0 Å². The smallest absolute Gasteiger partial charge is 0.124 e. The molecule has 0 bridgehead atoms. The van der Waals surface area contributed by atoms with Crippen LogP contribution in [0.3, 0.4) is 0 Å². The van der Waals surface area contributed by atoms with Crippen molar-refractivity contribution in [1.82, 2.24) is 5.16 Å². The summed E-state index contributed by atoms with van der Waals surface area (Å²) in [7, 11) is 0. The monoisotopic (exact) mass is 247 g/mol. The Labute approximate surface area is 106 Å². The van der Waals surface area contributed by atoms with Crippen LogP contribution in [-0.2, 0) is 11.5 Å². The van der Waals surface area contributed by atoms with Crippen molar-refractivity contribution in [3.8, 4) is 0 Å². The van der Waals surface area contributed by atoms with Crippen molar-refractivity contribution in [2.45, 2.75) is 31.3 Å². The van der Waals surface area contributed by atoms with Crippen molar-refractivity contribution in [2.24, 2.45) is 0 Å². The van der Waals surface area contributed by atoms with Crippen molar-refractivity contribution < 1.29 is 4.52 Å². The first-order valence-electron chi connectivity index (χ1n) is 5.81. The van der Waals surface area contributed by atoms with E-state index in [1.54, 1.807) is 6.26 Å². The Morgan fingerprint density at radius 1 is 1.12 bits per heavy atom. The van der Waals surface area contributed by atoms with Crippen LogP contribution in [0.1, 0.15) is 36.6 Å². The molecule has 0 aliphatic rings. The highest BCUT2D eigenvalue weighted by Crippen LogP contribution is 2.19. The predicted octanol–water partition coefficient (Wildman–Crippen LogP) is 4.23. The fraction of sp³-hybridized carbons (Fsp3) is 0.357. The van der Waals surface area contributed by atoms with Gasteiger partial charge in [0.1, 0.15) is 6.26 Å². The maximum atomic E-state index is 4.80. The number of aromatic nitrogens is 1. The second-order valence-electron chi connectivity index (χ2n) is 4.38. The number of thioether (sulfide) groups is 1. The maximum absolute atomic E-state index is 4.80. The second-order valence-corrected chi connectivity index (χ2v) is 5.37. The third-order valence-corrected chi connectivity index (χ3v) is 3.69. The lowest BCUT2D eigenvalue weighted by Crippen LogP contribution is -1.88. The third kappa shape index (κ3) is 3.63. The van der Waals surface area contributed by atoms with Crippen LogP contribution < -0.4 is 0 Å². The van der Waals surface area contributed by atoms with Gasteiger partial charge in [0.25, 0.3) is 0 Å². The Balaban J connectivity index is 1.83. The van der Waals surface area contributed by atoms with E-state index in [1.165, 1.54) is 11.1 Å². The molecule has 3 heteroatoms. The number of benzene rings is 1. The minimum atomic E-state index is 0.604. The average Bonchev–Trinajstić information content (AvgIpc) is 2.83. The normalized spacial score (nSPS) is 11.0. The molecule has 1 aromatic heterocycles. The molecule has 0 unspecified atom stereocenters. The molecule has 0 radical (unpaired) electrons. The Kier molecular flexibility index (Phi) is 4.26. The number of hydrogen-bond acceptors (Lipinski definition) is 3. The molecule has 0 aliphatic heterocycles. The summed E-state index contributed by atoms with van der Waals surface area (Å²) in [6.45, 7) is 4.43. The molecule has 0 fully saturated rings. The van der Waals surface area contributed by atoms with Gasteiger partial charge in [-0.15, -0.1) is 0 Å². The summed E-state index contributed by atoms with van der Waals surface area (Å²) in [5.41, 5.74) is 3.77. The van der Waals surface area contributed by atoms with E-state index in [-0.39, 0.29) is 0 Å². The van der Waals surface area contributed by atoms with Crippen molar-refractivity contribution in [3.63, 3.8) is 0 Å². The van der Waals surface area contributed by atoms with Crippen LogP contribution >= 0.6 is 11.8 Å². The van der Waals surface area contributed by atoms with Crippen LogP contribution in [0.4, 0.5) is 0 Å². The lowest BCUT2D eigenvalue weighted by Gasteiger charge is -2.06. The maximum Gasteiger partial charge on any atom is 0.124 e. The zero-order chi connectivity index (χ0) is 12.1. The van der Waals surface area contributed by atoms with Gasteiger partial charge in [0, 0.05) is 17.6 Å². The van der Waals surface area contributed by atoms with E-state index in [9.17, 15) is 0 Å². The standard InChI is InChI=1S/C14H17NOS/c1-11(2)13-5-3-12(4-6-13)9-17-10-14-7-8-16-15-14/h3-8,11H,9-10H2,1-2H3. The topological polar surface area (TPSA) is 26.0 Å². The summed E-state index contributed by atoms with van der Waals surface area (Å²) < 4.78 is 4.80. The Bertz CT molecular complexity index is 434. The molecule has 0 spiro atoms. The van der Waals surface area contributed by atoms with Gasteiger partial charge in [0.05, 0.1) is 5.69 Å². The highest BCUT2D eigenvalue weighted by Gasteiger charge is 2.00. The minimum Gasteiger partial charge on any atom is -0.364 e. The van der Waals surface area contributed by atoms with Gasteiger partial charge in [-0.05, 0) is 17.0 Å². The zero-order valence-corrected chi connectivity index (χ0v) is 11.0. The fourth-order valence-corrected chi connectivity index (χ4v) is 2.47. The minimum absolute atomic E-state index is 0.604. The Morgan fingerprint density at radius 3 is 2.47 bits per heavy atom. The van der Waals surface area contributed by atoms with E-state index in [0.717, 1.165) is 17.2 Å². The Hall–Kier alpha value is -1.22. The molecule has 2 nitrogen and oxygen atoms in total. The van der Waals surface area contributed by atoms with Crippen LogP contribution in [0.2, 0.25) is 0 Å². The molecule has 0 amide bonds. The van der Waals surface area contributed by atoms with Gasteiger partial charge in [-0.25, -0.2) is 0 Å². The molecule has 2 rings (SSSR count). The molecule has 1 heterocycles. The highest BCUT2D eigenvalue weighted by atomic mass is 32.2. The second kappa shape index (κ2) is 5.92. The van der Waals surface area contributed by atoms with Gasteiger partial charge in [0.15, 0.2) is 0 Å². The van der Waals surface area contributed by atoms with Crippen molar-refractivity contribution in [2.75, 3.05) is 0 Å². The Morgan fingerprint density at radius 2 is 1.88 bits per heavy atom. The molecule has 0 saturated carbocycles. The number of rotatable bonds is 5. The molecule has 0 N–H and O–H groups in total. The van der Waals surface area contributed by atoms with E-state index in [1.807, 2.05) is 17.8 Å². The number of hydrogen-bond donors (Lipinski definition) is 0. The summed E-state index contributed by atoms with van der Waals surface area (Å²) in [4.78, 5) is 0. The first kappa shape index (κ1) is 12.2. The zero-order valence-electron chi connectivity index (χ0n) is 10.2. The van der Waals surface area contributed by atoms with Gasteiger partial charge in [-0.3, -0.25) is 0 Å². The molecule has 0 aliphatic carbocycles. The molecule has 90 valence electrons. The SMILES string of the molecule is CC(C)c1ccc(CSCc2ccon2)cc1. The molecule has 1 aromatic carbocycles. The van der Waals surface area contributed by atoms with E-state index in [0.29, 0.717) is 5.92 Å². The summed E-state index contributed by atoms with van der Waals surface area (Å²) in [5.74, 6) is 2.53. The third-order valence-electron chi connectivity index (χ3n) is 2.66. The molecular formula is C14H17NOS. The van der Waals surface area contributed by atoms with Crippen molar-refractivity contribution in [3.05, 3.63) is 53.4 Å². The first-order chi connectivity index (χ1) is 8.25. The highest BCUT2D eigenvalue weighted by molar-refractivity contribution is 7.97. The van der Waals surface area contributed by atoms with Gasteiger partial charge in [-0.2, -0.15) is 11.8 Å². The molecule has 17 heavy (non-hydrogen) atoms. The van der Waals surface area contributed by atoms with Crippen molar-refractivity contribution >= 4 is 11.8 Å². The van der Waals surface area contributed by atoms with Gasteiger partial charge in [0.2, 0.25) is 0 Å². The summed E-state index contributed by atoms with van der Waals surface area (Å²) >= 11 is 1.86. The van der Waals surface area contributed by atoms with Gasteiger partial charge >= 0.3 is 0 Å². The molecule has 2 aromatic rings. The summed E-state index contributed by atoms with van der Waals surface area (Å²) in [6, 6.07) is 10.8.